The molecule has 0 radical (unpaired) electrons. The van der Waals surface area contributed by atoms with Crippen molar-refractivity contribution in [3.8, 4) is 0 Å². The van der Waals surface area contributed by atoms with Gasteiger partial charge in [-0.2, -0.15) is 5.10 Å². The van der Waals surface area contributed by atoms with E-state index in [4.69, 9.17) is 4.42 Å². The Labute approximate surface area is 129 Å². The highest BCUT2D eigenvalue weighted by Gasteiger charge is 2.22. The van der Waals surface area contributed by atoms with Gasteiger partial charge >= 0.3 is 0 Å². The van der Waals surface area contributed by atoms with Crippen LogP contribution in [0.15, 0.2) is 28.9 Å². The fraction of sp³-hybridized carbons (Fsp3) is 0.438. The van der Waals surface area contributed by atoms with Gasteiger partial charge in [-0.3, -0.25) is 4.79 Å². The lowest BCUT2D eigenvalue weighted by Crippen LogP contribution is -2.36. The van der Waals surface area contributed by atoms with Gasteiger partial charge in [0.25, 0.3) is 0 Å². The third-order valence-corrected chi connectivity index (χ3v) is 3.90. The van der Waals surface area contributed by atoms with Crippen LogP contribution in [0.1, 0.15) is 23.4 Å². The van der Waals surface area contributed by atoms with E-state index in [1.165, 1.54) is 0 Å². The summed E-state index contributed by atoms with van der Waals surface area (Å²) in [6.45, 7) is 1.32. The molecular formula is C16H20N4O2. The lowest BCUT2D eigenvalue weighted by Gasteiger charge is -2.28. The summed E-state index contributed by atoms with van der Waals surface area (Å²) in [5, 5.41) is 8.47. The minimum Gasteiger partial charge on any atom is -0.469 e. The maximum absolute atomic E-state index is 12.4. The third-order valence-electron chi connectivity index (χ3n) is 3.90. The summed E-state index contributed by atoms with van der Waals surface area (Å²) < 4.78 is 5.28. The lowest BCUT2D eigenvalue weighted by molar-refractivity contribution is -0.132. The number of anilines is 1. The zero-order valence-corrected chi connectivity index (χ0v) is 13.0. The fourth-order valence-electron chi connectivity index (χ4n) is 2.59. The molecule has 0 aromatic carbocycles. The lowest BCUT2D eigenvalue weighted by atomic mass is 10.1. The average Bonchev–Trinajstić information content (AvgIpc) is 3.04. The van der Waals surface area contributed by atoms with Gasteiger partial charge in [0, 0.05) is 46.4 Å². The van der Waals surface area contributed by atoms with Crippen LogP contribution in [-0.4, -0.2) is 41.6 Å². The molecule has 0 fully saturated rings. The third kappa shape index (κ3) is 3.10. The van der Waals surface area contributed by atoms with Crippen molar-refractivity contribution in [3.63, 3.8) is 0 Å². The highest BCUT2D eigenvalue weighted by atomic mass is 16.3. The first-order chi connectivity index (χ1) is 10.6. The summed E-state index contributed by atoms with van der Waals surface area (Å²) in [6, 6.07) is 5.77. The molecule has 2 aromatic heterocycles. The smallest absolute Gasteiger partial charge is 0.223 e. The fourth-order valence-corrected chi connectivity index (χ4v) is 2.59. The Morgan fingerprint density at radius 2 is 2.27 bits per heavy atom. The summed E-state index contributed by atoms with van der Waals surface area (Å²) in [5.41, 5.74) is 2.09. The molecule has 2 aromatic rings. The number of rotatable bonds is 4. The van der Waals surface area contributed by atoms with Crippen LogP contribution in [0.4, 0.5) is 5.82 Å². The van der Waals surface area contributed by atoms with Gasteiger partial charge in [0.1, 0.15) is 5.76 Å². The molecule has 3 heterocycles. The van der Waals surface area contributed by atoms with Gasteiger partial charge in [-0.15, -0.1) is 5.10 Å². The van der Waals surface area contributed by atoms with E-state index in [0.717, 1.165) is 29.3 Å². The van der Waals surface area contributed by atoms with E-state index in [1.54, 1.807) is 6.26 Å². The monoisotopic (exact) mass is 300 g/mol. The Balaban J connectivity index is 1.65. The number of fused-ring (bicyclic) bond motifs is 1. The van der Waals surface area contributed by atoms with E-state index in [9.17, 15) is 4.79 Å². The van der Waals surface area contributed by atoms with Gasteiger partial charge in [-0.1, -0.05) is 0 Å². The molecule has 1 aliphatic heterocycles. The molecule has 6 nitrogen and oxygen atoms in total. The first kappa shape index (κ1) is 14.6. The molecule has 0 bridgehead atoms. The highest BCUT2D eigenvalue weighted by Crippen LogP contribution is 2.20. The van der Waals surface area contributed by atoms with E-state index in [-0.39, 0.29) is 5.91 Å². The number of hydrogen-bond acceptors (Lipinski definition) is 5. The van der Waals surface area contributed by atoms with Crippen LogP contribution >= 0.6 is 0 Å². The maximum atomic E-state index is 12.4. The van der Waals surface area contributed by atoms with Gasteiger partial charge in [-0.25, -0.2) is 0 Å². The molecule has 0 saturated carbocycles. The van der Waals surface area contributed by atoms with Crippen molar-refractivity contribution < 1.29 is 9.21 Å². The van der Waals surface area contributed by atoms with E-state index in [2.05, 4.69) is 10.2 Å². The van der Waals surface area contributed by atoms with Crippen LogP contribution in [0.5, 0.6) is 0 Å². The summed E-state index contributed by atoms with van der Waals surface area (Å²) >= 11 is 0. The number of aromatic nitrogens is 2. The van der Waals surface area contributed by atoms with Gasteiger partial charge < -0.3 is 14.2 Å². The summed E-state index contributed by atoms with van der Waals surface area (Å²) in [4.78, 5) is 16.2. The number of amides is 1. The van der Waals surface area contributed by atoms with Crippen LogP contribution in [-0.2, 0) is 24.2 Å². The number of hydrogen-bond donors (Lipinski definition) is 0. The predicted octanol–water partition coefficient (Wildman–Crippen LogP) is 1.65. The van der Waals surface area contributed by atoms with Crippen molar-refractivity contribution in [1.82, 2.24) is 15.1 Å². The summed E-state index contributed by atoms with van der Waals surface area (Å²) in [5.74, 6) is 1.83. The number of aryl methyl sites for hydroxylation is 1. The molecule has 1 amide bonds. The largest absolute Gasteiger partial charge is 0.469 e. The molecule has 0 spiro atoms. The van der Waals surface area contributed by atoms with Gasteiger partial charge in [0.05, 0.1) is 12.0 Å². The van der Waals surface area contributed by atoms with Crippen LogP contribution < -0.4 is 4.90 Å². The standard InChI is InChI=1S/C16H20N4O2/c1-19(2)15-10-12-11-20(8-7-14(12)17-18-15)16(21)6-5-13-4-3-9-22-13/h3-4,9-10H,5-8,11H2,1-2H3. The first-order valence-corrected chi connectivity index (χ1v) is 7.46. The molecule has 6 heteroatoms. The first-order valence-electron chi connectivity index (χ1n) is 7.46. The van der Waals surface area contributed by atoms with E-state index in [1.807, 2.05) is 42.1 Å². The molecule has 0 N–H and O–H groups in total. The zero-order valence-electron chi connectivity index (χ0n) is 13.0. The van der Waals surface area contributed by atoms with E-state index >= 15 is 0 Å². The summed E-state index contributed by atoms with van der Waals surface area (Å²) in [7, 11) is 3.87. The SMILES string of the molecule is CN(C)c1cc2c(nn1)CCN(C(=O)CCc1ccco1)C2. The average molecular weight is 300 g/mol. The molecule has 0 unspecified atom stereocenters. The van der Waals surface area contributed by atoms with Gasteiger partial charge in [0.15, 0.2) is 5.82 Å². The highest BCUT2D eigenvalue weighted by molar-refractivity contribution is 5.76. The van der Waals surface area contributed by atoms with Crippen LogP contribution in [0, 0.1) is 0 Å². The summed E-state index contributed by atoms with van der Waals surface area (Å²) in [6.07, 6.45) is 3.52. The Morgan fingerprint density at radius 3 is 3.00 bits per heavy atom. The van der Waals surface area contributed by atoms with Crippen LogP contribution in [0.3, 0.4) is 0 Å². The number of carbonyl (C=O) groups is 1. The molecule has 1 aliphatic rings. The molecule has 3 rings (SSSR count). The maximum Gasteiger partial charge on any atom is 0.223 e. The van der Waals surface area contributed by atoms with Crippen molar-refractivity contribution in [2.75, 3.05) is 25.5 Å². The number of furan rings is 1. The minimum absolute atomic E-state index is 0.158. The Kier molecular flexibility index (Phi) is 4.09. The second-order valence-corrected chi connectivity index (χ2v) is 5.71. The Hall–Kier alpha value is -2.37. The molecular weight excluding hydrogens is 280 g/mol. The van der Waals surface area contributed by atoms with Gasteiger partial charge in [0.2, 0.25) is 5.91 Å². The van der Waals surface area contributed by atoms with Crippen molar-refractivity contribution in [3.05, 3.63) is 41.5 Å². The Morgan fingerprint density at radius 1 is 1.41 bits per heavy atom. The zero-order chi connectivity index (χ0) is 15.5. The predicted molar refractivity (Wildman–Crippen MR) is 82.5 cm³/mol. The normalized spacial score (nSPS) is 13.8. The molecule has 0 saturated heterocycles. The van der Waals surface area contributed by atoms with Crippen molar-refractivity contribution in [1.29, 1.82) is 0 Å². The minimum atomic E-state index is 0.158. The Bertz CT molecular complexity index is 652. The molecule has 0 atom stereocenters. The second kappa shape index (κ2) is 6.17. The van der Waals surface area contributed by atoms with Crippen LogP contribution in [0.2, 0.25) is 0 Å². The topological polar surface area (TPSA) is 62.5 Å². The van der Waals surface area contributed by atoms with Crippen molar-refractivity contribution in [2.24, 2.45) is 0 Å². The molecule has 0 aliphatic carbocycles. The van der Waals surface area contributed by atoms with E-state index < -0.39 is 0 Å². The number of carbonyl (C=O) groups excluding carboxylic acids is 1. The number of nitrogens with zero attached hydrogens (tertiary/aromatic N) is 4. The van der Waals surface area contributed by atoms with Crippen LogP contribution in [0.25, 0.3) is 0 Å². The van der Waals surface area contributed by atoms with Crippen molar-refractivity contribution >= 4 is 11.7 Å². The molecule has 116 valence electrons. The van der Waals surface area contributed by atoms with Crippen molar-refractivity contribution in [2.45, 2.75) is 25.8 Å². The quantitative estimate of drug-likeness (QED) is 0.859. The van der Waals surface area contributed by atoms with E-state index in [0.29, 0.717) is 25.9 Å². The second-order valence-electron chi connectivity index (χ2n) is 5.71. The van der Waals surface area contributed by atoms with Gasteiger partial charge in [-0.05, 0) is 23.8 Å². The molecule has 22 heavy (non-hydrogen) atoms.